The molecule has 220 valence electrons. The molecular formula is C30H35Cl2N3O5S. The molecule has 0 bridgehead atoms. The minimum absolute atomic E-state index is 0.0132. The Morgan fingerprint density at radius 2 is 1.59 bits per heavy atom. The zero-order chi connectivity index (χ0) is 30.4. The van der Waals surface area contributed by atoms with Gasteiger partial charge in [-0.05, 0) is 75.2 Å². The molecule has 11 heteroatoms. The minimum Gasteiger partial charge on any atom is -0.497 e. The molecule has 0 unspecified atom stereocenters. The summed E-state index contributed by atoms with van der Waals surface area (Å²) in [6.07, 6.45) is 0.298. The molecular weight excluding hydrogens is 585 g/mol. The van der Waals surface area contributed by atoms with E-state index in [1.54, 1.807) is 43.3 Å². The number of ether oxygens (including phenoxy) is 1. The van der Waals surface area contributed by atoms with Crippen molar-refractivity contribution in [1.29, 1.82) is 0 Å². The molecule has 0 fully saturated rings. The topological polar surface area (TPSA) is 96.0 Å². The molecule has 0 aliphatic carbocycles. The monoisotopic (exact) mass is 619 g/mol. The predicted molar refractivity (Wildman–Crippen MR) is 163 cm³/mol. The summed E-state index contributed by atoms with van der Waals surface area (Å²) in [7, 11) is -2.70. The summed E-state index contributed by atoms with van der Waals surface area (Å²) in [5.74, 6) is -0.345. The first-order chi connectivity index (χ1) is 19.2. The molecule has 3 aromatic carbocycles. The molecule has 0 aliphatic rings. The lowest BCUT2D eigenvalue weighted by molar-refractivity contribution is -0.141. The van der Waals surface area contributed by atoms with Crippen LogP contribution in [0.3, 0.4) is 0 Å². The van der Waals surface area contributed by atoms with Crippen molar-refractivity contribution >= 4 is 50.7 Å². The Bertz CT molecular complexity index is 1460. The average Bonchev–Trinajstić information content (AvgIpc) is 2.90. The fraction of sp³-hybridized carbons (Fsp3) is 0.333. The van der Waals surface area contributed by atoms with Crippen molar-refractivity contribution in [2.45, 2.75) is 57.1 Å². The van der Waals surface area contributed by atoms with Crippen LogP contribution in [-0.2, 0) is 26.2 Å². The summed E-state index contributed by atoms with van der Waals surface area (Å²) in [5.41, 5.74) is 0.284. The summed E-state index contributed by atoms with van der Waals surface area (Å²) in [6.45, 7) is 6.79. The number of amides is 2. The van der Waals surface area contributed by atoms with E-state index in [0.717, 1.165) is 4.31 Å². The SMILES string of the molecule is CC[C@@H](C(=O)NC(C)(C)C)N(Cc1cccc(OC)c1)C(=O)CN(c1cc(Cl)cc(Cl)c1)S(=O)(=O)c1ccccc1. The lowest BCUT2D eigenvalue weighted by Crippen LogP contribution is -2.55. The number of halogens is 2. The third kappa shape index (κ3) is 8.61. The molecule has 1 N–H and O–H groups in total. The van der Waals surface area contributed by atoms with Crippen molar-refractivity contribution in [2.24, 2.45) is 0 Å². The van der Waals surface area contributed by atoms with Crippen molar-refractivity contribution in [3.05, 3.63) is 88.4 Å². The zero-order valence-electron chi connectivity index (χ0n) is 23.7. The predicted octanol–water partition coefficient (Wildman–Crippen LogP) is 5.92. The molecule has 0 saturated heterocycles. The first-order valence-corrected chi connectivity index (χ1v) is 15.2. The molecule has 3 rings (SSSR count). The van der Waals surface area contributed by atoms with E-state index in [9.17, 15) is 18.0 Å². The van der Waals surface area contributed by atoms with Crippen LogP contribution in [-0.4, -0.2) is 50.4 Å². The number of hydrogen-bond acceptors (Lipinski definition) is 5. The number of hydrogen-bond donors (Lipinski definition) is 1. The second-order valence-electron chi connectivity index (χ2n) is 10.5. The summed E-state index contributed by atoms with van der Waals surface area (Å²) >= 11 is 12.5. The number of sulfonamides is 1. The van der Waals surface area contributed by atoms with Gasteiger partial charge in [-0.2, -0.15) is 0 Å². The largest absolute Gasteiger partial charge is 0.497 e. The number of carbonyl (C=O) groups excluding carboxylic acids is 2. The van der Waals surface area contributed by atoms with Gasteiger partial charge >= 0.3 is 0 Å². The summed E-state index contributed by atoms with van der Waals surface area (Å²) < 4.78 is 34.1. The van der Waals surface area contributed by atoms with E-state index in [2.05, 4.69) is 5.32 Å². The Hall–Kier alpha value is -3.27. The summed E-state index contributed by atoms with van der Waals surface area (Å²) in [4.78, 5) is 28.9. The van der Waals surface area contributed by atoms with E-state index in [4.69, 9.17) is 27.9 Å². The molecule has 1 atom stereocenters. The molecule has 0 saturated carbocycles. The van der Waals surface area contributed by atoms with Crippen LogP contribution in [0.1, 0.15) is 39.7 Å². The molecule has 0 radical (unpaired) electrons. The number of methoxy groups -OCH3 is 1. The zero-order valence-corrected chi connectivity index (χ0v) is 26.1. The number of benzene rings is 3. The molecule has 0 aromatic heterocycles. The highest BCUT2D eigenvalue weighted by Gasteiger charge is 2.34. The van der Waals surface area contributed by atoms with Gasteiger partial charge in [-0.25, -0.2) is 8.42 Å². The van der Waals surface area contributed by atoms with Crippen LogP contribution in [0, 0.1) is 0 Å². The first-order valence-electron chi connectivity index (χ1n) is 13.0. The van der Waals surface area contributed by atoms with Gasteiger partial charge in [0.1, 0.15) is 18.3 Å². The van der Waals surface area contributed by atoms with Gasteiger partial charge in [-0.1, -0.05) is 60.5 Å². The Morgan fingerprint density at radius 3 is 2.15 bits per heavy atom. The van der Waals surface area contributed by atoms with Crippen LogP contribution in [0.25, 0.3) is 0 Å². The normalized spacial score (nSPS) is 12.4. The van der Waals surface area contributed by atoms with Crippen LogP contribution in [0.4, 0.5) is 5.69 Å². The molecule has 8 nitrogen and oxygen atoms in total. The molecule has 0 heterocycles. The van der Waals surface area contributed by atoms with Crippen LogP contribution >= 0.6 is 23.2 Å². The number of anilines is 1. The van der Waals surface area contributed by atoms with E-state index in [1.807, 2.05) is 26.8 Å². The van der Waals surface area contributed by atoms with Gasteiger partial charge in [-0.3, -0.25) is 13.9 Å². The van der Waals surface area contributed by atoms with Crippen molar-refractivity contribution in [3.63, 3.8) is 0 Å². The van der Waals surface area contributed by atoms with Gasteiger partial charge in [0.15, 0.2) is 0 Å². The Morgan fingerprint density at radius 1 is 0.951 bits per heavy atom. The van der Waals surface area contributed by atoms with Crippen LogP contribution in [0.15, 0.2) is 77.7 Å². The maximum atomic E-state index is 14.1. The standard InChI is InChI=1S/C30H35Cl2N3O5S/c1-6-27(29(37)33-30(2,3)4)34(19-21-11-10-12-25(15-21)40-5)28(36)20-35(24-17-22(31)16-23(32)18-24)41(38,39)26-13-8-7-9-14-26/h7-18,27H,6,19-20H2,1-5H3,(H,33,37)/t27-/m0/s1. The number of nitrogens with one attached hydrogen (secondary N) is 1. The average molecular weight is 621 g/mol. The highest BCUT2D eigenvalue weighted by atomic mass is 35.5. The summed E-state index contributed by atoms with van der Waals surface area (Å²) in [6, 6.07) is 18.4. The number of rotatable bonds is 11. The second kappa shape index (κ2) is 13.6. The van der Waals surface area contributed by atoms with Gasteiger partial charge in [-0.15, -0.1) is 0 Å². The van der Waals surface area contributed by atoms with Crippen LogP contribution in [0.5, 0.6) is 5.75 Å². The molecule has 41 heavy (non-hydrogen) atoms. The second-order valence-corrected chi connectivity index (χ2v) is 13.2. The van der Waals surface area contributed by atoms with Crippen molar-refractivity contribution in [3.8, 4) is 5.75 Å². The fourth-order valence-electron chi connectivity index (χ4n) is 4.27. The lowest BCUT2D eigenvalue weighted by atomic mass is 10.1. The Labute approximate surface area is 252 Å². The van der Waals surface area contributed by atoms with E-state index in [0.29, 0.717) is 17.7 Å². The Kier molecular flexibility index (Phi) is 10.7. The first kappa shape index (κ1) is 32.2. The highest BCUT2D eigenvalue weighted by molar-refractivity contribution is 7.92. The van der Waals surface area contributed by atoms with Crippen molar-refractivity contribution in [2.75, 3.05) is 18.0 Å². The lowest BCUT2D eigenvalue weighted by Gasteiger charge is -2.35. The Balaban J connectivity index is 2.10. The maximum Gasteiger partial charge on any atom is 0.264 e. The maximum absolute atomic E-state index is 14.1. The van der Waals surface area contributed by atoms with Gasteiger partial charge in [0, 0.05) is 22.1 Å². The van der Waals surface area contributed by atoms with E-state index >= 15 is 0 Å². The fourth-order valence-corrected chi connectivity index (χ4v) is 6.21. The van der Waals surface area contributed by atoms with Gasteiger partial charge in [0.2, 0.25) is 11.8 Å². The van der Waals surface area contributed by atoms with E-state index < -0.39 is 34.1 Å². The van der Waals surface area contributed by atoms with Gasteiger partial charge in [0.05, 0.1) is 17.7 Å². The highest BCUT2D eigenvalue weighted by Crippen LogP contribution is 2.30. The molecule has 3 aromatic rings. The third-order valence-corrected chi connectivity index (χ3v) is 8.34. The van der Waals surface area contributed by atoms with Gasteiger partial charge < -0.3 is 15.0 Å². The van der Waals surface area contributed by atoms with Crippen molar-refractivity contribution in [1.82, 2.24) is 10.2 Å². The number of nitrogens with zero attached hydrogens (tertiary/aromatic N) is 2. The van der Waals surface area contributed by atoms with Crippen LogP contribution in [0.2, 0.25) is 10.0 Å². The quantitative estimate of drug-likeness (QED) is 0.287. The molecule has 0 spiro atoms. The number of carbonyl (C=O) groups is 2. The van der Waals surface area contributed by atoms with Gasteiger partial charge in [0.25, 0.3) is 10.0 Å². The van der Waals surface area contributed by atoms with E-state index in [1.165, 1.54) is 42.3 Å². The smallest absolute Gasteiger partial charge is 0.264 e. The molecule has 0 aliphatic heterocycles. The molecule has 2 amide bonds. The van der Waals surface area contributed by atoms with E-state index in [-0.39, 0.29) is 33.1 Å². The van der Waals surface area contributed by atoms with Crippen LogP contribution < -0.4 is 14.4 Å². The summed E-state index contributed by atoms with van der Waals surface area (Å²) in [5, 5.41) is 3.36. The van der Waals surface area contributed by atoms with Crippen molar-refractivity contribution < 1.29 is 22.7 Å². The third-order valence-electron chi connectivity index (χ3n) is 6.12. The minimum atomic E-state index is -4.23.